The van der Waals surface area contributed by atoms with Gasteiger partial charge in [0.25, 0.3) is 0 Å². The van der Waals surface area contributed by atoms with Gasteiger partial charge in [0.2, 0.25) is 11.8 Å². The van der Waals surface area contributed by atoms with Crippen LogP contribution in [0.2, 0.25) is 0 Å². The van der Waals surface area contributed by atoms with Crippen LogP contribution in [-0.2, 0) is 9.59 Å². The number of aliphatic hydroxyl groups is 1. The molecule has 2 rings (SSSR count). The van der Waals surface area contributed by atoms with Gasteiger partial charge in [-0.1, -0.05) is 20.3 Å². The number of carbonyl (C=O) groups excluding carboxylic acids is 2. The molecule has 0 bridgehead atoms. The summed E-state index contributed by atoms with van der Waals surface area (Å²) >= 11 is 0. The summed E-state index contributed by atoms with van der Waals surface area (Å²) in [5, 5.41) is 9.71. The number of carbonyl (C=O) groups is 2. The van der Waals surface area contributed by atoms with Crippen molar-refractivity contribution in [3.63, 3.8) is 0 Å². The second-order valence-corrected chi connectivity index (χ2v) is 5.52. The van der Waals surface area contributed by atoms with Gasteiger partial charge in [-0.25, -0.2) is 0 Å². The minimum atomic E-state index is -0.566. The number of amides is 2. The van der Waals surface area contributed by atoms with E-state index in [1.807, 2.05) is 6.92 Å². The first-order chi connectivity index (χ1) is 8.04. The molecule has 96 valence electrons. The maximum absolute atomic E-state index is 12.1. The highest BCUT2D eigenvalue weighted by Crippen LogP contribution is 2.42. The first kappa shape index (κ1) is 12.6. The predicted octanol–water partition coefficient (Wildman–Crippen LogP) is 1.18. The lowest BCUT2D eigenvalue weighted by Crippen LogP contribution is -2.38. The number of rotatable bonds is 4. The Bertz CT molecular complexity index is 305. The second kappa shape index (κ2) is 4.77. The first-order valence-electron chi connectivity index (χ1n) is 6.57. The van der Waals surface area contributed by atoms with Crippen LogP contribution in [0, 0.1) is 17.8 Å². The number of fused-ring (bicyclic) bond motifs is 1. The van der Waals surface area contributed by atoms with Crippen LogP contribution in [0.25, 0.3) is 0 Å². The van der Waals surface area contributed by atoms with E-state index in [1.54, 1.807) is 0 Å². The van der Waals surface area contributed by atoms with Crippen molar-refractivity contribution in [2.45, 2.75) is 45.6 Å². The summed E-state index contributed by atoms with van der Waals surface area (Å²) in [6.07, 6.45) is 2.60. The topological polar surface area (TPSA) is 57.6 Å². The minimum absolute atomic E-state index is 0.0560. The van der Waals surface area contributed by atoms with E-state index in [9.17, 15) is 14.7 Å². The van der Waals surface area contributed by atoms with Gasteiger partial charge in [0.1, 0.15) is 0 Å². The number of hydrogen-bond donors (Lipinski definition) is 1. The minimum Gasteiger partial charge on any atom is -0.391 e. The van der Waals surface area contributed by atoms with Gasteiger partial charge in [-0.3, -0.25) is 14.5 Å². The maximum Gasteiger partial charge on any atom is 0.233 e. The van der Waals surface area contributed by atoms with Crippen LogP contribution in [0.3, 0.4) is 0 Å². The van der Waals surface area contributed by atoms with Crippen LogP contribution in [0.4, 0.5) is 0 Å². The molecule has 1 N–H and O–H groups in total. The van der Waals surface area contributed by atoms with Gasteiger partial charge in [0.05, 0.1) is 24.5 Å². The van der Waals surface area contributed by atoms with Crippen LogP contribution in [0.15, 0.2) is 0 Å². The van der Waals surface area contributed by atoms with Crippen LogP contribution in [0.1, 0.15) is 39.5 Å². The molecule has 1 heterocycles. The quantitative estimate of drug-likeness (QED) is 0.749. The fraction of sp³-hybridized carbons (Fsp3) is 0.846. The van der Waals surface area contributed by atoms with Crippen LogP contribution >= 0.6 is 0 Å². The summed E-state index contributed by atoms with van der Waals surface area (Å²) in [7, 11) is 0. The Hall–Kier alpha value is -0.900. The third-order valence-electron chi connectivity index (χ3n) is 3.98. The Balaban J connectivity index is 2.02. The van der Waals surface area contributed by atoms with E-state index in [0.717, 1.165) is 19.3 Å². The summed E-state index contributed by atoms with van der Waals surface area (Å²) in [6.45, 7) is 4.26. The van der Waals surface area contributed by atoms with Gasteiger partial charge in [0.15, 0.2) is 0 Å². The van der Waals surface area contributed by atoms with E-state index in [1.165, 1.54) is 4.90 Å². The van der Waals surface area contributed by atoms with E-state index in [4.69, 9.17) is 0 Å². The van der Waals surface area contributed by atoms with Crippen molar-refractivity contribution in [1.82, 2.24) is 4.90 Å². The second-order valence-electron chi connectivity index (χ2n) is 5.52. The summed E-state index contributed by atoms with van der Waals surface area (Å²) in [6, 6.07) is 0. The van der Waals surface area contributed by atoms with E-state index < -0.39 is 6.10 Å². The Morgan fingerprint density at radius 3 is 2.29 bits per heavy atom. The third-order valence-corrected chi connectivity index (χ3v) is 3.98. The SMILES string of the molecule is CCCC(O)CN1C(=O)C2CC(C)CC2C1=O. The molecule has 0 spiro atoms. The van der Waals surface area contributed by atoms with Crippen LogP contribution in [0.5, 0.6) is 0 Å². The Morgan fingerprint density at radius 1 is 1.29 bits per heavy atom. The molecule has 0 aromatic carbocycles. The molecular formula is C13H21NO3. The molecule has 3 atom stereocenters. The monoisotopic (exact) mass is 239 g/mol. The predicted molar refractivity (Wildman–Crippen MR) is 63.0 cm³/mol. The van der Waals surface area contributed by atoms with Gasteiger partial charge in [-0.2, -0.15) is 0 Å². The van der Waals surface area contributed by atoms with Gasteiger partial charge in [-0.15, -0.1) is 0 Å². The zero-order valence-corrected chi connectivity index (χ0v) is 10.6. The lowest BCUT2D eigenvalue weighted by Gasteiger charge is -2.20. The summed E-state index contributed by atoms with van der Waals surface area (Å²) in [5.74, 6) is 0.150. The number of hydrogen-bond acceptors (Lipinski definition) is 3. The smallest absolute Gasteiger partial charge is 0.233 e. The van der Waals surface area contributed by atoms with Crippen molar-refractivity contribution in [3.8, 4) is 0 Å². The number of β-amino-alcohol motifs (C(OH)–C–C–N with tert-alkyl or cyclic N) is 1. The maximum atomic E-state index is 12.1. The lowest BCUT2D eigenvalue weighted by molar-refractivity contribution is -0.142. The Morgan fingerprint density at radius 2 is 1.82 bits per heavy atom. The van der Waals surface area contributed by atoms with Crippen molar-refractivity contribution in [3.05, 3.63) is 0 Å². The molecule has 0 radical (unpaired) electrons. The Labute approximate surface area is 102 Å². The van der Waals surface area contributed by atoms with Crippen LogP contribution in [-0.4, -0.2) is 34.5 Å². The highest BCUT2D eigenvalue weighted by atomic mass is 16.3. The van der Waals surface area contributed by atoms with E-state index in [0.29, 0.717) is 12.3 Å². The van der Waals surface area contributed by atoms with E-state index in [2.05, 4.69) is 6.92 Å². The molecular weight excluding hydrogens is 218 g/mol. The molecule has 2 aliphatic rings. The number of imide groups is 1. The van der Waals surface area contributed by atoms with E-state index >= 15 is 0 Å². The fourth-order valence-corrected chi connectivity index (χ4v) is 3.16. The normalized spacial score (nSPS) is 34.3. The summed E-state index contributed by atoms with van der Waals surface area (Å²) in [4.78, 5) is 25.4. The average molecular weight is 239 g/mol. The van der Waals surface area contributed by atoms with Crippen molar-refractivity contribution >= 4 is 11.8 Å². The van der Waals surface area contributed by atoms with Gasteiger partial charge < -0.3 is 5.11 Å². The molecule has 1 aliphatic heterocycles. The zero-order valence-electron chi connectivity index (χ0n) is 10.6. The highest BCUT2D eigenvalue weighted by Gasteiger charge is 2.51. The molecule has 0 aromatic heterocycles. The molecule has 3 unspecified atom stereocenters. The van der Waals surface area contributed by atoms with Crippen molar-refractivity contribution in [2.75, 3.05) is 6.54 Å². The molecule has 4 nitrogen and oxygen atoms in total. The molecule has 2 amide bonds. The number of nitrogens with zero attached hydrogens (tertiary/aromatic N) is 1. The molecule has 2 fully saturated rings. The Kier molecular flexibility index (Phi) is 3.52. The van der Waals surface area contributed by atoms with Crippen molar-refractivity contribution in [2.24, 2.45) is 17.8 Å². The number of likely N-dealkylation sites (tertiary alicyclic amines) is 1. The van der Waals surface area contributed by atoms with Crippen LogP contribution < -0.4 is 0 Å². The molecule has 17 heavy (non-hydrogen) atoms. The largest absolute Gasteiger partial charge is 0.391 e. The number of aliphatic hydroxyl groups excluding tert-OH is 1. The standard InChI is InChI=1S/C13H21NO3/c1-3-4-9(15)7-14-12(16)10-5-8(2)6-11(10)13(14)17/h8-11,15H,3-7H2,1-2H3. The van der Waals surface area contributed by atoms with Gasteiger partial charge in [-0.05, 0) is 25.2 Å². The molecule has 4 heteroatoms. The van der Waals surface area contributed by atoms with Gasteiger partial charge in [0, 0.05) is 0 Å². The lowest BCUT2D eigenvalue weighted by atomic mass is 10.00. The summed E-state index contributed by atoms with van der Waals surface area (Å²) < 4.78 is 0. The average Bonchev–Trinajstić information content (AvgIpc) is 2.74. The fourth-order valence-electron chi connectivity index (χ4n) is 3.16. The highest BCUT2D eigenvalue weighted by molar-refractivity contribution is 6.05. The van der Waals surface area contributed by atoms with Crippen molar-refractivity contribution in [1.29, 1.82) is 0 Å². The van der Waals surface area contributed by atoms with Crippen molar-refractivity contribution < 1.29 is 14.7 Å². The molecule has 1 saturated carbocycles. The first-order valence-corrected chi connectivity index (χ1v) is 6.57. The zero-order chi connectivity index (χ0) is 12.6. The summed E-state index contributed by atoms with van der Waals surface area (Å²) in [5.41, 5.74) is 0. The molecule has 1 aliphatic carbocycles. The van der Waals surface area contributed by atoms with Gasteiger partial charge >= 0.3 is 0 Å². The third kappa shape index (κ3) is 2.23. The van der Waals surface area contributed by atoms with E-state index in [-0.39, 0.29) is 30.2 Å². The molecule has 1 saturated heterocycles. The molecule has 0 aromatic rings.